The molecule has 26 heavy (non-hydrogen) atoms. The lowest BCUT2D eigenvalue weighted by Gasteiger charge is -2.09. The number of ether oxygens (including phenoxy) is 3. The van der Waals surface area contributed by atoms with Gasteiger partial charge >= 0.3 is 5.97 Å². The number of rotatable bonds is 9. The summed E-state index contributed by atoms with van der Waals surface area (Å²) in [6.07, 6.45) is 0. The predicted molar refractivity (Wildman–Crippen MR) is 97.6 cm³/mol. The Kier molecular flexibility index (Phi) is 7.49. The topological polar surface area (TPSA) is 73.9 Å². The standard InChI is InChI=1S/C20H23NO5/c1-3-24-17-10-6-16(7-11-17)20(23)21-14-19(22)26-13-12-25-18-8-4-15(2)5-9-18/h4-11H,3,12-14H2,1-2H3,(H,21,23). The third-order valence-corrected chi connectivity index (χ3v) is 3.46. The van der Waals surface area contributed by atoms with Gasteiger partial charge in [-0.1, -0.05) is 17.7 Å². The van der Waals surface area contributed by atoms with Crippen molar-refractivity contribution in [3.8, 4) is 11.5 Å². The van der Waals surface area contributed by atoms with Crippen LogP contribution in [0.2, 0.25) is 0 Å². The summed E-state index contributed by atoms with van der Waals surface area (Å²) in [5.74, 6) is 0.546. The lowest BCUT2D eigenvalue weighted by Crippen LogP contribution is -2.31. The van der Waals surface area contributed by atoms with E-state index in [4.69, 9.17) is 14.2 Å². The molecule has 1 N–H and O–H groups in total. The SMILES string of the molecule is CCOc1ccc(C(=O)NCC(=O)OCCOc2ccc(C)cc2)cc1. The number of hydrogen-bond donors (Lipinski definition) is 1. The summed E-state index contributed by atoms with van der Waals surface area (Å²) in [5.41, 5.74) is 1.59. The molecule has 0 radical (unpaired) electrons. The van der Waals surface area contributed by atoms with Crippen molar-refractivity contribution in [3.63, 3.8) is 0 Å². The van der Waals surface area contributed by atoms with Crippen LogP contribution in [0.4, 0.5) is 0 Å². The van der Waals surface area contributed by atoms with E-state index in [0.29, 0.717) is 17.9 Å². The van der Waals surface area contributed by atoms with Crippen LogP contribution in [-0.4, -0.2) is 38.2 Å². The van der Waals surface area contributed by atoms with Gasteiger partial charge in [0, 0.05) is 5.56 Å². The molecular formula is C20H23NO5. The fraction of sp³-hybridized carbons (Fsp3) is 0.300. The molecule has 138 valence electrons. The normalized spacial score (nSPS) is 10.1. The highest BCUT2D eigenvalue weighted by molar-refractivity contribution is 5.96. The van der Waals surface area contributed by atoms with E-state index in [-0.39, 0.29) is 25.7 Å². The highest BCUT2D eigenvalue weighted by atomic mass is 16.6. The van der Waals surface area contributed by atoms with Crippen LogP contribution in [0.1, 0.15) is 22.8 Å². The predicted octanol–water partition coefficient (Wildman–Crippen LogP) is 2.75. The molecule has 0 fully saturated rings. The summed E-state index contributed by atoms with van der Waals surface area (Å²) < 4.78 is 15.8. The lowest BCUT2D eigenvalue weighted by molar-refractivity contribution is -0.143. The minimum Gasteiger partial charge on any atom is -0.494 e. The van der Waals surface area contributed by atoms with Gasteiger partial charge < -0.3 is 19.5 Å². The van der Waals surface area contributed by atoms with Crippen molar-refractivity contribution in [1.82, 2.24) is 5.32 Å². The maximum absolute atomic E-state index is 12.0. The molecule has 0 spiro atoms. The molecule has 0 atom stereocenters. The van der Waals surface area contributed by atoms with Gasteiger partial charge in [-0.3, -0.25) is 9.59 Å². The smallest absolute Gasteiger partial charge is 0.325 e. The van der Waals surface area contributed by atoms with Crippen LogP contribution in [0.25, 0.3) is 0 Å². The van der Waals surface area contributed by atoms with Crippen molar-refractivity contribution in [2.75, 3.05) is 26.4 Å². The second-order valence-electron chi connectivity index (χ2n) is 5.52. The number of benzene rings is 2. The molecule has 1 amide bonds. The fourth-order valence-electron chi connectivity index (χ4n) is 2.12. The minimum atomic E-state index is -0.517. The molecule has 0 aliphatic rings. The van der Waals surface area contributed by atoms with Gasteiger partial charge in [-0.05, 0) is 50.2 Å². The number of hydrogen-bond acceptors (Lipinski definition) is 5. The van der Waals surface area contributed by atoms with Crippen LogP contribution >= 0.6 is 0 Å². The maximum atomic E-state index is 12.0. The van der Waals surface area contributed by atoms with Crippen molar-refractivity contribution < 1.29 is 23.8 Å². The highest BCUT2D eigenvalue weighted by Crippen LogP contribution is 2.12. The van der Waals surface area contributed by atoms with Crippen molar-refractivity contribution in [2.45, 2.75) is 13.8 Å². The van der Waals surface area contributed by atoms with Gasteiger partial charge in [0.25, 0.3) is 5.91 Å². The van der Waals surface area contributed by atoms with Gasteiger partial charge in [0.05, 0.1) is 6.61 Å². The van der Waals surface area contributed by atoms with Gasteiger partial charge in [0.15, 0.2) is 0 Å². The molecule has 0 bridgehead atoms. The average Bonchev–Trinajstić information content (AvgIpc) is 2.65. The Labute approximate surface area is 153 Å². The largest absolute Gasteiger partial charge is 0.494 e. The van der Waals surface area contributed by atoms with E-state index in [1.54, 1.807) is 24.3 Å². The summed E-state index contributed by atoms with van der Waals surface area (Å²) in [7, 11) is 0. The van der Waals surface area contributed by atoms with E-state index in [2.05, 4.69) is 5.32 Å². The molecule has 0 saturated heterocycles. The zero-order chi connectivity index (χ0) is 18.8. The second-order valence-corrected chi connectivity index (χ2v) is 5.52. The molecule has 0 aliphatic carbocycles. The first-order valence-corrected chi connectivity index (χ1v) is 8.44. The Hall–Kier alpha value is -3.02. The van der Waals surface area contributed by atoms with Crippen LogP contribution in [0.3, 0.4) is 0 Å². The molecular weight excluding hydrogens is 334 g/mol. The number of carbonyl (C=O) groups excluding carboxylic acids is 2. The van der Waals surface area contributed by atoms with E-state index in [0.717, 1.165) is 11.3 Å². The van der Waals surface area contributed by atoms with Gasteiger partial charge in [-0.15, -0.1) is 0 Å². The molecule has 0 saturated carbocycles. The number of carbonyl (C=O) groups is 2. The molecule has 2 aromatic rings. The van der Waals surface area contributed by atoms with E-state index in [1.807, 2.05) is 38.1 Å². The Balaban J connectivity index is 1.64. The number of esters is 1. The van der Waals surface area contributed by atoms with Crippen molar-refractivity contribution in [3.05, 3.63) is 59.7 Å². The summed E-state index contributed by atoms with van der Waals surface area (Å²) in [5, 5.41) is 2.52. The molecule has 2 rings (SSSR count). The molecule has 6 heteroatoms. The number of aryl methyl sites for hydroxylation is 1. The molecule has 0 heterocycles. The fourth-order valence-corrected chi connectivity index (χ4v) is 2.12. The first kappa shape index (κ1) is 19.3. The maximum Gasteiger partial charge on any atom is 0.325 e. The van der Waals surface area contributed by atoms with Gasteiger partial charge in [-0.25, -0.2) is 0 Å². The summed E-state index contributed by atoms with van der Waals surface area (Å²) in [6.45, 7) is 4.61. The molecule has 0 aromatic heterocycles. The van der Waals surface area contributed by atoms with E-state index < -0.39 is 5.97 Å². The summed E-state index contributed by atoms with van der Waals surface area (Å²) in [4.78, 5) is 23.6. The Morgan fingerprint density at radius 1 is 0.885 bits per heavy atom. The minimum absolute atomic E-state index is 0.117. The average molecular weight is 357 g/mol. The highest BCUT2D eigenvalue weighted by Gasteiger charge is 2.09. The zero-order valence-electron chi connectivity index (χ0n) is 15.0. The van der Waals surface area contributed by atoms with Gasteiger partial charge in [0.2, 0.25) is 0 Å². The van der Waals surface area contributed by atoms with Crippen molar-refractivity contribution in [1.29, 1.82) is 0 Å². The second kappa shape index (κ2) is 10.1. The molecule has 0 aliphatic heterocycles. The van der Waals surface area contributed by atoms with Crippen LogP contribution < -0.4 is 14.8 Å². The third kappa shape index (κ3) is 6.47. The molecule has 6 nitrogen and oxygen atoms in total. The summed E-state index contributed by atoms with van der Waals surface area (Å²) in [6, 6.07) is 14.3. The molecule has 0 unspecified atom stereocenters. The van der Waals surface area contributed by atoms with E-state index in [9.17, 15) is 9.59 Å². The van der Waals surface area contributed by atoms with E-state index >= 15 is 0 Å². The number of nitrogens with one attached hydrogen (secondary N) is 1. The lowest BCUT2D eigenvalue weighted by atomic mass is 10.2. The van der Waals surface area contributed by atoms with Gasteiger partial charge in [0.1, 0.15) is 31.3 Å². The molecule has 2 aromatic carbocycles. The number of amides is 1. The monoisotopic (exact) mass is 357 g/mol. The quantitative estimate of drug-likeness (QED) is 0.552. The van der Waals surface area contributed by atoms with Gasteiger partial charge in [-0.2, -0.15) is 0 Å². The Morgan fingerprint density at radius 2 is 1.50 bits per heavy atom. The zero-order valence-corrected chi connectivity index (χ0v) is 15.0. The van der Waals surface area contributed by atoms with Crippen molar-refractivity contribution in [2.24, 2.45) is 0 Å². The van der Waals surface area contributed by atoms with Crippen LogP contribution in [0, 0.1) is 6.92 Å². The van der Waals surface area contributed by atoms with Crippen molar-refractivity contribution >= 4 is 11.9 Å². The first-order chi connectivity index (χ1) is 12.6. The van der Waals surface area contributed by atoms with Crippen LogP contribution in [-0.2, 0) is 9.53 Å². The first-order valence-electron chi connectivity index (χ1n) is 8.44. The van der Waals surface area contributed by atoms with Crippen LogP contribution in [0.15, 0.2) is 48.5 Å². The van der Waals surface area contributed by atoms with Crippen LogP contribution in [0.5, 0.6) is 11.5 Å². The Bertz CT molecular complexity index is 710. The summed E-state index contributed by atoms with van der Waals surface area (Å²) >= 11 is 0. The van der Waals surface area contributed by atoms with E-state index in [1.165, 1.54) is 0 Å². The third-order valence-electron chi connectivity index (χ3n) is 3.46. The Morgan fingerprint density at radius 3 is 2.15 bits per heavy atom.